The molecule has 1 unspecified atom stereocenters. The Balaban J connectivity index is 1.82. The van der Waals surface area contributed by atoms with Crippen LogP contribution < -0.4 is 0 Å². The van der Waals surface area contributed by atoms with Gasteiger partial charge >= 0.3 is 0 Å². The van der Waals surface area contributed by atoms with Crippen LogP contribution >= 0.6 is 0 Å². The molecule has 0 spiro atoms. The summed E-state index contributed by atoms with van der Waals surface area (Å²) in [6, 6.07) is 0. The topological polar surface area (TPSA) is 40.5 Å². The lowest BCUT2D eigenvalue weighted by Gasteiger charge is -2.29. The number of aliphatic hydroxyl groups excluding tert-OH is 1. The van der Waals surface area contributed by atoms with Gasteiger partial charge in [-0.3, -0.25) is 4.79 Å². The van der Waals surface area contributed by atoms with Crippen LogP contribution in [0.3, 0.4) is 0 Å². The van der Waals surface area contributed by atoms with E-state index in [9.17, 15) is 9.90 Å². The van der Waals surface area contributed by atoms with Crippen molar-refractivity contribution in [2.24, 2.45) is 11.8 Å². The van der Waals surface area contributed by atoms with Crippen molar-refractivity contribution >= 4 is 5.91 Å². The first-order valence-corrected chi connectivity index (χ1v) is 7.06. The molecule has 3 heteroatoms. The number of amides is 1. The van der Waals surface area contributed by atoms with Crippen molar-refractivity contribution in [2.45, 2.75) is 44.9 Å². The molecule has 17 heavy (non-hydrogen) atoms. The van der Waals surface area contributed by atoms with Crippen molar-refractivity contribution in [3.05, 3.63) is 6.42 Å². The van der Waals surface area contributed by atoms with Crippen molar-refractivity contribution in [1.82, 2.24) is 4.90 Å². The Morgan fingerprint density at radius 3 is 2.41 bits per heavy atom. The lowest BCUT2D eigenvalue weighted by Crippen LogP contribution is -2.33. The number of hydrogen-bond acceptors (Lipinski definition) is 2. The van der Waals surface area contributed by atoms with Crippen LogP contribution in [-0.2, 0) is 4.79 Å². The third-order valence-corrected chi connectivity index (χ3v) is 4.24. The largest absolute Gasteiger partial charge is 0.396 e. The van der Waals surface area contributed by atoms with E-state index in [0.717, 1.165) is 25.9 Å². The Labute approximate surface area is 104 Å². The molecule has 1 heterocycles. The van der Waals surface area contributed by atoms with Gasteiger partial charge in [0.25, 0.3) is 0 Å². The van der Waals surface area contributed by atoms with E-state index in [-0.39, 0.29) is 18.4 Å². The van der Waals surface area contributed by atoms with Crippen LogP contribution in [0, 0.1) is 18.3 Å². The van der Waals surface area contributed by atoms with Crippen molar-refractivity contribution in [1.29, 1.82) is 0 Å². The van der Waals surface area contributed by atoms with Crippen LogP contribution in [0.15, 0.2) is 0 Å². The van der Waals surface area contributed by atoms with Crippen LogP contribution in [0.1, 0.15) is 44.9 Å². The highest BCUT2D eigenvalue weighted by Crippen LogP contribution is 2.31. The summed E-state index contributed by atoms with van der Waals surface area (Å²) in [7, 11) is 0. The number of rotatable bonds is 4. The van der Waals surface area contributed by atoms with E-state index in [1.807, 2.05) is 4.90 Å². The maximum Gasteiger partial charge on any atom is 0.226 e. The Morgan fingerprint density at radius 2 is 1.82 bits per heavy atom. The number of aliphatic hydroxyl groups is 1. The van der Waals surface area contributed by atoms with E-state index < -0.39 is 0 Å². The Kier molecular flexibility index (Phi) is 4.84. The maximum absolute atomic E-state index is 12.0. The molecule has 1 amide bonds. The molecule has 1 aliphatic carbocycles. The van der Waals surface area contributed by atoms with Gasteiger partial charge < -0.3 is 10.0 Å². The van der Waals surface area contributed by atoms with Crippen LogP contribution in [0.5, 0.6) is 0 Å². The van der Waals surface area contributed by atoms with Gasteiger partial charge in [-0.25, -0.2) is 0 Å². The third-order valence-electron chi connectivity index (χ3n) is 4.24. The van der Waals surface area contributed by atoms with Crippen molar-refractivity contribution in [3.63, 3.8) is 0 Å². The fraction of sp³-hybridized carbons (Fsp3) is 0.857. The van der Waals surface area contributed by atoms with Gasteiger partial charge in [-0.1, -0.05) is 32.1 Å². The lowest BCUT2D eigenvalue weighted by atomic mass is 9.79. The molecule has 1 saturated heterocycles. The minimum atomic E-state index is 0.0865. The average Bonchev–Trinajstić information content (AvgIpc) is 2.90. The predicted octanol–water partition coefficient (Wildman–Crippen LogP) is 2.00. The molecule has 2 fully saturated rings. The summed E-state index contributed by atoms with van der Waals surface area (Å²) < 4.78 is 0. The van der Waals surface area contributed by atoms with E-state index in [4.69, 9.17) is 0 Å². The Hall–Kier alpha value is -0.570. The minimum Gasteiger partial charge on any atom is -0.396 e. The van der Waals surface area contributed by atoms with Crippen molar-refractivity contribution in [3.8, 4) is 0 Å². The monoisotopic (exact) mass is 238 g/mol. The Morgan fingerprint density at radius 1 is 1.18 bits per heavy atom. The molecule has 0 aromatic heterocycles. The summed E-state index contributed by atoms with van der Waals surface area (Å²) in [6.45, 7) is 1.93. The van der Waals surface area contributed by atoms with E-state index >= 15 is 0 Å². The summed E-state index contributed by atoms with van der Waals surface area (Å²) >= 11 is 0. The molecule has 1 atom stereocenters. The van der Waals surface area contributed by atoms with Gasteiger partial charge in [0.2, 0.25) is 5.91 Å². The zero-order chi connectivity index (χ0) is 12.1. The van der Waals surface area contributed by atoms with Gasteiger partial charge in [0, 0.05) is 19.7 Å². The maximum atomic E-state index is 12.0. The van der Waals surface area contributed by atoms with Gasteiger partial charge in [0.15, 0.2) is 0 Å². The highest BCUT2D eigenvalue weighted by Gasteiger charge is 2.28. The summed E-state index contributed by atoms with van der Waals surface area (Å²) in [4.78, 5) is 13.9. The number of carbonyl (C=O) groups excluding carboxylic acids is 1. The predicted molar refractivity (Wildman–Crippen MR) is 67.3 cm³/mol. The quantitative estimate of drug-likeness (QED) is 0.814. The van der Waals surface area contributed by atoms with Crippen LogP contribution in [0.4, 0.5) is 0 Å². The summed E-state index contributed by atoms with van der Waals surface area (Å²) in [5, 5.41) is 9.47. The van der Waals surface area contributed by atoms with E-state index in [1.165, 1.54) is 32.1 Å². The second-order valence-electron chi connectivity index (χ2n) is 5.44. The van der Waals surface area contributed by atoms with Crippen molar-refractivity contribution < 1.29 is 9.90 Å². The molecule has 1 N–H and O–H groups in total. The number of hydrogen-bond donors (Lipinski definition) is 1. The molecule has 1 aliphatic heterocycles. The van der Waals surface area contributed by atoms with Crippen LogP contribution in [0.2, 0.25) is 0 Å². The average molecular weight is 238 g/mol. The molecule has 0 bridgehead atoms. The van der Waals surface area contributed by atoms with Gasteiger partial charge in [-0.15, -0.1) is 0 Å². The number of likely N-dealkylation sites (tertiary alicyclic amines) is 1. The van der Waals surface area contributed by atoms with E-state index in [0.29, 0.717) is 5.92 Å². The molecule has 1 radical (unpaired) electrons. The molecule has 1 saturated carbocycles. The number of nitrogens with zero attached hydrogens (tertiary/aromatic N) is 1. The van der Waals surface area contributed by atoms with Gasteiger partial charge in [0.1, 0.15) is 0 Å². The Bertz CT molecular complexity index is 243. The zero-order valence-electron chi connectivity index (χ0n) is 10.6. The smallest absolute Gasteiger partial charge is 0.226 e. The second-order valence-corrected chi connectivity index (χ2v) is 5.44. The number of carbonyl (C=O) groups is 1. The molecule has 2 aliphatic rings. The molecule has 0 aromatic rings. The fourth-order valence-corrected chi connectivity index (χ4v) is 3.13. The second kappa shape index (κ2) is 6.39. The summed E-state index contributed by atoms with van der Waals surface area (Å²) in [5.74, 6) is 0.760. The minimum absolute atomic E-state index is 0.0865. The highest BCUT2D eigenvalue weighted by molar-refractivity contribution is 5.85. The van der Waals surface area contributed by atoms with Crippen LogP contribution in [0.25, 0.3) is 0 Å². The van der Waals surface area contributed by atoms with Gasteiger partial charge in [-0.2, -0.15) is 0 Å². The molecular weight excluding hydrogens is 214 g/mol. The standard InChI is InChI=1S/C14H24NO2/c16-11-13(12-6-2-1-3-7-12)10-14(17)15-8-4-5-9-15/h10,12-13,16H,1-9,11H2. The molecule has 97 valence electrons. The first-order chi connectivity index (χ1) is 8.31. The third kappa shape index (κ3) is 3.44. The normalized spacial score (nSPS) is 23.9. The first-order valence-electron chi connectivity index (χ1n) is 7.06. The lowest BCUT2D eigenvalue weighted by molar-refractivity contribution is -0.127. The zero-order valence-corrected chi connectivity index (χ0v) is 10.6. The van der Waals surface area contributed by atoms with Crippen LogP contribution in [-0.4, -0.2) is 35.6 Å². The molecule has 3 nitrogen and oxygen atoms in total. The van der Waals surface area contributed by atoms with Crippen molar-refractivity contribution in [2.75, 3.05) is 19.7 Å². The van der Waals surface area contributed by atoms with Gasteiger partial charge in [-0.05, 0) is 24.7 Å². The molecule has 2 rings (SSSR count). The molecule has 0 aromatic carbocycles. The fourth-order valence-electron chi connectivity index (χ4n) is 3.13. The summed E-state index contributed by atoms with van der Waals surface area (Å²) in [6.07, 6.45) is 10.2. The molecular formula is C14H24NO2. The van der Waals surface area contributed by atoms with E-state index in [1.54, 1.807) is 6.42 Å². The first kappa shape index (κ1) is 12.9. The summed E-state index contributed by atoms with van der Waals surface area (Å²) in [5.41, 5.74) is 0. The van der Waals surface area contributed by atoms with Gasteiger partial charge in [0.05, 0.1) is 6.42 Å². The highest BCUT2D eigenvalue weighted by atomic mass is 16.3. The van der Waals surface area contributed by atoms with E-state index in [2.05, 4.69) is 0 Å². The SMILES string of the molecule is O=C([CH]C(CO)C1CCCCC1)N1CCCC1.